The number of carbonyl (C=O) groups excluding carboxylic acids is 1. The molecule has 122 valence electrons. The fourth-order valence-electron chi connectivity index (χ4n) is 2.43. The van der Waals surface area contributed by atoms with Crippen LogP contribution < -0.4 is 5.32 Å². The molecule has 7 nitrogen and oxygen atoms in total. The monoisotopic (exact) mass is 339 g/mol. The molecule has 1 atom stereocenters. The molecule has 1 fully saturated rings. The lowest BCUT2D eigenvalue weighted by Crippen LogP contribution is -2.30. The van der Waals surface area contributed by atoms with Crippen molar-refractivity contribution in [1.29, 1.82) is 0 Å². The molecule has 3 rings (SSSR count). The van der Waals surface area contributed by atoms with Gasteiger partial charge in [0.15, 0.2) is 0 Å². The van der Waals surface area contributed by atoms with E-state index in [4.69, 9.17) is 16.3 Å². The number of hydrogen-bond acceptors (Lipinski definition) is 5. The molecule has 1 aromatic carbocycles. The molecule has 0 bridgehead atoms. The molecule has 2 aromatic rings. The van der Waals surface area contributed by atoms with Gasteiger partial charge >= 0.3 is 0 Å². The lowest BCUT2D eigenvalue weighted by Gasteiger charge is -2.20. The minimum atomic E-state index is -0.423. The maximum atomic E-state index is 13.1. The molecule has 1 aliphatic rings. The van der Waals surface area contributed by atoms with E-state index < -0.39 is 5.82 Å². The van der Waals surface area contributed by atoms with Crippen LogP contribution in [0.3, 0.4) is 0 Å². The summed E-state index contributed by atoms with van der Waals surface area (Å²) < 4.78 is 19.6. The standard InChI is InChI=1S/C14H15ClFN5O2/c1-23-5-4-20-8-13(22)17-14(20)11-7-21(19-18-11)12-3-2-9(16)6-10(12)15/h2-3,6-7,14H,4-5,8H2,1H3,(H,17,22). The molecule has 1 saturated heterocycles. The molecule has 1 N–H and O–H groups in total. The van der Waals surface area contributed by atoms with E-state index in [0.717, 1.165) is 0 Å². The van der Waals surface area contributed by atoms with E-state index in [1.807, 2.05) is 4.90 Å². The van der Waals surface area contributed by atoms with Crippen LogP contribution in [0.5, 0.6) is 0 Å². The summed E-state index contributed by atoms with van der Waals surface area (Å²) in [4.78, 5) is 13.6. The molecular formula is C14H15ClFN5O2. The Morgan fingerprint density at radius 3 is 3.09 bits per heavy atom. The van der Waals surface area contributed by atoms with Crippen LogP contribution in [0.1, 0.15) is 11.9 Å². The Hall–Kier alpha value is -2.03. The third-order valence-corrected chi connectivity index (χ3v) is 3.84. The van der Waals surface area contributed by atoms with Gasteiger partial charge in [-0.2, -0.15) is 0 Å². The van der Waals surface area contributed by atoms with Crippen molar-refractivity contribution in [3.63, 3.8) is 0 Å². The van der Waals surface area contributed by atoms with E-state index in [9.17, 15) is 9.18 Å². The molecule has 0 aliphatic carbocycles. The maximum Gasteiger partial charge on any atom is 0.235 e. The highest BCUT2D eigenvalue weighted by Crippen LogP contribution is 2.24. The van der Waals surface area contributed by atoms with Gasteiger partial charge in [0.2, 0.25) is 5.91 Å². The molecule has 1 unspecified atom stereocenters. The van der Waals surface area contributed by atoms with E-state index in [1.165, 1.54) is 22.9 Å². The second-order valence-electron chi connectivity index (χ2n) is 5.12. The van der Waals surface area contributed by atoms with Crippen molar-refractivity contribution in [3.05, 3.63) is 40.9 Å². The molecule has 9 heteroatoms. The third kappa shape index (κ3) is 3.34. The number of benzene rings is 1. The van der Waals surface area contributed by atoms with Crippen LogP contribution in [-0.4, -0.2) is 52.6 Å². The van der Waals surface area contributed by atoms with E-state index >= 15 is 0 Å². The number of hydrogen-bond donors (Lipinski definition) is 1. The van der Waals surface area contributed by atoms with Crippen molar-refractivity contribution in [2.24, 2.45) is 0 Å². The van der Waals surface area contributed by atoms with E-state index in [-0.39, 0.29) is 23.6 Å². The number of methoxy groups -OCH3 is 1. The molecule has 1 amide bonds. The summed E-state index contributed by atoms with van der Waals surface area (Å²) in [6, 6.07) is 4.03. The average molecular weight is 340 g/mol. The zero-order valence-electron chi connectivity index (χ0n) is 12.4. The molecule has 2 heterocycles. The topological polar surface area (TPSA) is 72.3 Å². The largest absolute Gasteiger partial charge is 0.383 e. The Kier molecular flexibility index (Phi) is 4.56. The van der Waals surface area contributed by atoms with Gasteiger partial charge in [-0.05, 0) is 18.2 Å². The lowest BCUT2D eigenvalue weighted by atomic mass is 10.3. The van der Waals surface area contributed by atoms with Crippen molar-refractivity contribution >= 4 is 17.5 Å². The predicted molar refractivity (Wildman–Crippen MR) is 80.7 cm³/mol. The molecule has 1 aromatic heterocycles. The van der Waals surface area contributed by atoms with Crippen LogP contribution in [0.25, 0.3) is 5.69 Å². The first-order chi connectivity index (χ1) is 11.1. The maximum absolute atomic E-state index is 13.1. The van der Waals surface area contributed by atoms with Gasteiger partial charge in [0.05, 0.1) is 30.1 Å². The quantitative estimate of drug-likeness (QED) is 0.884. The number of carbonyl (C=O) groups is 1. The molecule has 0 saturated carbocycles. The number of amides is 1. The van der Waals surface area contributed by atoms with Gasteiger partial charge < -0.3 is 10.1 Å². The van der Waals surface area contributed by atoms with Crippen molar-refractivity contribution in [3.8, 4) is 5.69 Å². The van der Waals surface area contributed by atoms with E-state index in [1.54, 1.807) is 13.3 Å². The molecular weight excluding hydrogens is 325 g/mol. The van der Waals surface area contributed by atoms with Crippen molar-refractivity contribution < 1.29 is 13.9 Å². The fourth-order valence-corrected chi connectivity index (χ4v) is 2.68. The Balaban J connectivity index is 1.84. The van der Waals surface area contributed by atoms with Gasteiger partial charge in [0.1, 0.15) is 17.7 Å². The Morgan fingerprint density at radius 1 is 1.52 bits per heavy atom. The lowest BCUT2D eigenvalue weighted by molar-refractivity contribution is -0.118. The van der Waals surface area contributed by atoms with Gasteiger partial charge in [0, 0.05) is 13.7 Å². The van der Waals surface area contributed by atoms with Crippen LogP contribution in [0, 0.1) is 5.82 Å². The Bertz CT molecular complexity index is 723. The van der Waals surface area contributed by atoms with Crippen molar-refractivity contribution in [2.75, 3.05) is 26.8 Å². The van der Waals surface area contributed by atoms with Gasteiger partial charge in [-0.3, -0.25) is 9.69 Å². The minimum Gasteiger partial charge on any atom is -0.383 e. The summed E-state index contributed by atoms with van der Waals surface area (Å²) in [5, 5.41) is 11.2. The van der Waals surface area contributed by atoms with Crippen molar-refractivity contribution in [1.82, 2.24) is 25.2 Å². The van der Waals surface area contributed by atoms with Crippen molar-refractivity contribution in [2.45, 2.75) is 6.17 Å². The number of halogens is 2. The van der Waals surface area contributed by atoms with Gasteiger partial charge in [0.25, 0.3) is 0 Å². The molecule has 0 radical (unpaired) electrons. The molecule has 1 aliphatic heterocycles. The highest BCUT2D eigenvalue weighted by atomic mass is 35.5. The first-order valence-corrected chi connectivity index (χ1v) is 7.36. The Labute approximate surface area is 137 Å². The number of rotatable bonds is 5. The average Bonchev–Trinajstić information content (AvgIpc) is 3.11. The van der Waals surface area contributed by atoms with Gasteiger partial charge in [-0.25, -0.2) is 9.07 Å². The number of nitrogens with one attached hydrogen (secondary N) is 1. The first kappa shape index (κ1) is 15.9. The summed E-state index contributed by atoms with van der Waals surface area (Å²) in [5.41, 5.74) is 1.09. The fraction of sp³-hybridized carbons (Fsp3) is 0.357. The Morgan fingerprint density at radius 2 is 2.35 bits per heavy atom. The second kappa shape index (κ2) is 6.61. The van der Waals surface area contributed by atoms with E-state index in [2.05, 4.69) is 15.6 Å². The smallest absolute Gasteiger partial charge is 0.235 e. The highest BCUT2D eigenvalue weighted by molar-refractivity contribution is 6.32. The molecule has 23 heavy (non-hydrogen) atoms. The number of nitrogens with zero attached hydrogens (tertiary/aromatic N) is 4. The summed E-state index contributed by atoms with van der Waals surface area (Å²) in [6.45, 7) is 1.37. The highest BCUT2D eigenvalue weighted by Gasteiger charge is 2.32. The van der Waals surface area contributed by atoms with Crippen LogP contribution in [0.15, 0.2) is 24.4 Å². The zero-order chi connectivity index (χ0) is 16.4. The summed E-state index contributed by atoms with van der Waals surface area (Å²) in [6.07, 6.45) is 1.29. The van der Waals surface area contributed by atoms with E-state index in [0.29, 0.717) is 24.5 Å². The second-order valence-corrected chi connectivity index (χ2v) is 5.52. The van der Waals surface area contributed by atoms with Crippen LogP contribution in [-0.2, 0) is 9.53 Å². The van der Waals surface area contributed by atoms with Crippen LogP contribution in [0.2, 0.25) is 5.02 Å². The van der Waals surface area contributed by atoms with Gasteiger partial charge in [-0.1, -0.05) is 16.8 Å². The third-order valence-electron chi connectivity index (χ3n) is 3.54. The predicted octanol–water partition coefficient (Wildman–Crippen LogP) is 1.14. The summed E-state index contributed by atoms with van der Waals surface area (Å²) in [7, 11) is 1.60. The molecule has 0 spiro atoms. The SMILES string of the molecule is COCCN1CC(=O)NC1c1cn(-c2ccc(F)cc2Cl)nn1. The summed E-state index contributed by atoms with van der Waals surface area (Å²) >= 11 is 6.03. The van der Waals surface area contributed by atoms with Crippen LogP contribution >= 0.6 is 11.6 Å². The van der Waals surface area contributed by atoms with Crippen LogP contribution in [0.4, 0.5) is 4.39 Å². The minimum absolute atomic E-state index is 0.0829. The van der Waals surface area contributed by atoms with Gasteiger partial charge in [-0.15, -0.1) is 5.10 Å². The first-order valence-electron chi connectivity index (χ1n) is 6.98. The summed E-state index contributed by atoms with van der Waals surface area (Å²) in [5.74, 6) is -0.506. The number of ether oxygens (including phenoxy) is 1. The normalized spacial score (nSPS) is 18.4. The zero-order valence-corrected chi connectivity index (χ0v) is 13.1. The number of aromatic nitrogens is 3.